The molecule has 63 heavy (non-hydrogen) atoms. The normalized spacial score (nSPS) is 24.1. The van der Waals surface area contributed by atoms with Crippen LogP contribution in [0.5, 0.6) is 0 Å². The smallest absolute Gasteiger partial charge is 0.407 e. The minimum Gasteiger partial charge on any atom is -0.453 e. The molecule has 3 N–H and O–H groups in total. The van der Waals surface area contributed by atoms with Crippen LogP contribution in [-0.2, 0) is 30.2 Å². The number of benzene rings is 3. The Bertz CT molecular complexity index is 2560. The summed E-state index contributed by atoms with van der Waals surface area (Å²) in [6, 6.07) is 16.1. The number of aliphatic imine (C=N–C) groups is 1. The summed E-state index contributed by atoms with van der Waals surface area (Å²) in [5, 5.41) is 7.78. The monoisotopic (exact) mass is 855 g/mol. The van der Waals surface area contributed by atoms with Crippen LogP contribution < -0.4 is 10.6 Å². The van der Waals surface area contributed by atoms with Crippen LogP contribution in [0.2, 0.25) is 0 Å². The highest BCUT2D eigenvalue weighted by molar-refractivity contribution is 6.07. The summed E-state index contributed by atoms with van der Waals surface area (Å²) in [6.07, 6.45) is 7.44. The average molecular weight is 856 g/mol. The largest absolute Gasteiger partial charge is 0.453 e. The maximum atomic E-state index is 14.6. The van der Waals surface area contributed by atoms with Crippen molar-refractivity contribution in [1.29, 1.82) is 0 Å². The first-order valence-electron chi connectivity index (χ1n) is 22.8. The molecule has 1 saturated carbocycles. The number of amides is 4. The molecule has 0 spiro atoms. The van der Waals surface area contributed by atoms with E-state index in [4.69, 9.17) is 24.2 Å². The highest BCUT2D eigenvalue weighted by atomic mass is 16.5. The molecule has 10 rings (SSSR count). The Morgan fingerprint density at radius 2 is 1.65 bits per heavy atom. The average Bonchev–Trinajstić information content (AvgIpc) is 4.17. The Kier molecular flexibility index (Phi) is 11.0. The number of fused-ring (bicyclic) bond motifs is 7. The summed E-state index contributed by atoms with van der Waals surface area (Å²) in [4.78, 5) is 70.8. The van der Waals surface area contributed by atoms with Crippen molar-refractivity contribution in [3.63, 3.8) is 0 Å². The molecule has 4 amide bonds. The third-order valence-electron chi connectivity index (χ3n) is 14.8. The molecule has 4 fully saturated rings. The molecule has 330 valence electrons. The van der Waals surface area contributed by atoms with E-state index in [1.54, 1.807) is 0 Å². The van der Waals surface area contributed by atoms with E-state index >= 15 is 0 Å². The van der Waals surface area contributed by atoms with E-state index in [1.807, 2.05) is 18.7 Å². The molecule has 3 saturated heterocycles. The number of carbonyl (C=O) groups is 4. The van der Waals surface area contributed by atoms with Crippen molar-refractivity contribution in [3.05, 3.63) is 71.2 Å². The zero-order valence-electron chi connectivity index (χ0n) is 36.6. The number of H-pyrrole nitrogens is 1. The first-order valence-corrected chi connectivity index (χ1v) is 22.8. The van der Waals surface area contributed by atoms with Crippen LogP contribution in [0.25, 0.3) is 38.5 Å². The summed E-state index contributed by atoms with van der Waals surface area (Å²) in [6.45, 7) is 5.60. The molecule has 4 aliphatic heterocycles. The topological polar surface area (TPSA) is 168 Å². The Balaban J connectivity index is 0.868. The highest BCUT2D eigenvalue weighted by Crippen LogP contribution is 2.48. The number of aromatic nitrogens is 2. The Morgan fingerprint density at radius 1 is 0.873 bits per heavy atom. The molecule has 5 heterocycles. The molecule has 4 aromatic rings. The number of rotatable bonds is 9. The third kappa shape index (κ3) is 7.43. The number of likely N-dealkylation sites (tertiary alicyclic amines) is 2. The van der Waals surface area contributed by atoms with Crippen LogP contribution in [0.15, 0.2) is 59.2 Å². The summed E-state index contributed by atoms with van der Waals surface area (Å²) in [7, 11) is 2.65. The van der Waals surface area contributed by atoms with Crippen molar-refractivity contribution in [3.8, 4) is 11.1 Å². The zero-order chi connectivity index (χ0) is 43.5. The summed E-state index contributed by atoms with van der Waals surface area (Å²) in [5.74, 6) is 0.880. The SMILES string of the molecule is COC(=O)N[C@H](C(=O)N1CCC[C@H]1c1nc2c(ccc3cc(-c4ccc5c(c4)CCC4=C5CC([C@@H]5[C@H]6CC[C@H](C6)N5C(=O)[C@@H](NC(=O)OC)C5CCOCC5)=N4)ccc32)[nH]1)C(C)C. The van der Waals surface area contributed by atoms with E-state index in [0.29, 0.717) is 25.7 Å². The van der Waals surface area contributed by atoms with Crippen LogP contribution >= 0.6 is 0 Å². The molecule has 6 aliphatic rings. The lowest BCUT2D eigenvalue weighted by Gasteiger charge is -2.40. The fraction of sp³-hybridized carbons (Fsp3) is 0.510. The molecular formula is C49H57N7O7. The minimum absolute atomic E-state index is 0.000651. The van der Waals surface area contributed by atoms with Crippen LogP contribution in [0, 0.1) is 17.8 Å². The Labute approximate surface area is 367 Å². The van der Waals surface area contributed by atoms with Gasteiger partial charge in [-0.05, 0) is 121 Å². The number of alkyl carbamates (subject to hydrolysis) is 2. The van der Waals surface area contributed by atoms with Gasteiger partial charge in [0.1, 0.15) is 17.9 Å². The number of allylic oxidation sites excluding steroid dienone is 2. The summed E-state index contributed by atoms with van der Waals surface area (Å²) in [5.41, 5.74) is 10.2. The van der Waals surface area contributed by atoms with E-state index in [-0.39, 0.29) is 41.8 Å². The van der Waals surface area contributed by atoms with Crippen molar-refractivity contribution in [2.45, 2.75) is 108 Å². The van der Waals surface area contributed by atoms with Crippen LogP contribution in [0.4, 0.5) is 9.59 Å². The van der Waals surface area contributed by atoms with E-state index in [2.05, 4.69) is 69.0 Å². The first-order chi connectivity index (χ1) is 30.6. The van der Waals surface area contributed by atoms with E-state index in [1.165, 1.54) is 30.9 Å². The van der Waals surface area contributed by atoms with Crippen LogP contribution in [0.1, 0.15) is 94.6 Å². The maximum Gasteiger partial charge on any atom is 0.407 e. The number of ether oxygens (including phenoxy) is 3. The van der Waals surface area contributed by atoms with Gasteiger partial charge in [-0.3, -0.25) is 14.6 Å². The second-order valence-corrected chi connectivity index (χ2v) is 18.6. The summed E-state index contributed by atoms with van der Waals surface area (Å²) < 4.78 is 15.4. The molecule has 3 aromatic carbocycles. The molecule has 6 atom stereocenters. The van der Waals surface area contributed by atoms with Crippen molar-refractivity contribution >= 4 is 57.1 Å². The van der Waals surface area contributed by atoms with Gasteiger partial charge in [-0.15, -0.1) is 0 Å². The number of piperidine rings is 1. The number of hydrogen-bond acceptors (Lipinski definition) is 9. The van der Waals surface area contributed by atoms with Gasteiger partial charge in [-0.2, -0.15) is 0 Å². The number of hydrogen-bond donors (Lipinski definition) is 3. The van der Waals surface area contributed by atoms with Gasteiger partial charge in [-0.25, -0.2) is 14.6 Å². The second kappa shape index (κ2) is 16.7. The standard InChI is InChI=1S/C49H57N7O7/c1-26(2)41(53-48(59)61-3)46(57)55-19-5-6-40(55)45-51-38-16-11-31-23-29(9-14-35(31)43(38)52-45)28-8-13-34-30(22-28)10-15-37-36(34)25-39(50-37)44-32-7-12-33(24-32)56(44)47(58)42(54-49(60)62-4)27-17-20-63-21-18-27/h8-9,11,13-14,16,22-23,26-27,32-33,40-42,44H,5-7,10,12,15,17-21,24-25H2,1-4H3,(H,51,52)(H,53,59)(H,54,60)/t32-,33+,40-,41-,42-,44-/m0/s1. The summed E-state index contributed by atoms with van der Waals surface area (Å²) >= 11 is 0. The maximum absolute atomic E-state index is 14.6. The lowest BCUT2D eigenvalue weighted by molar-refractivity contribution is -0.138. The van der Waals surface area contributed by atoms with E-state index in [0.717, 1.165) is 114 Å². The molecule has 2 bridgehead atoms. The molecule has 0 unspecified atom stereocenters. The fourth-order valence-electron chi connectivity index (χ4n) is 11.6. The Hall–Kier alpha value is -5.76. The van der Waals surface area contributed by atoms with Gasteiger partial charge in [0.25, 0.3) is 0 Å². The van der Waals surface area contributed by atoms with Crippen LogP contribution in [-0.4, -0.2) is 108 Å². The molecular weight excluding hydrogens is 799 g/mol. The van der Waals surface area contributed by atoms with E-state index < -0.39 is 24.3 Å². The van der Waals surface area contributed by atoms with E-state index in [9.17, 15) is 19.2 Å². The Morgan fingerprint density at radius 3 is 2.44 bits per heavy atom. The van der Waals surface area contributed by atoms with Gasteiger partial charge >= 0.3 is 12.2 Å². The van der Waals surface area contributed by atoms with Gasteiger partial charge in [0.2, 0.25) is 11.8 Å². The number of nitrogens with zero attached hydrogens (tertiary/aromatic N) is 4. The molecule has 0 radical (unpaired) electrons. The first kappa shape index (κ1) is 41.3. The molecule has 14 heteroatoms. The number of carbonyl (C=O) groups excluding carboxylic acids is 4. The zero-order valence-corrected chi connectivity index (χ0v) is 36.6. The van der Waals surface area contributed by atoms with Crippen molar-refractivity contribution in [2.75, 3.05) is 34.0 Å². The number of methoxy groups -OCH3 is 2. The lowest BCUT2D eigenvalue weighted by Crippen LogP contribution is -2.58. The number of imidazole rings is 1. The highest BCUT2D eigenvalue weighted by Gasteiger charge is 2.53. The molecule has 2 aliphatic carbocycles. The number of aryl methyl sites for hydroxylation is 1. The van der Waals surface area contributed by atoms with Gasteiger partial charge in [0, 0.05) is 49.0 Å². The predicted octanol–water partition coefficient (Wildman–Crippen LogP) is 7.46. The predicted molar refractivity (Wildman–Crippen MR) is 239 cm³/mol. The van der Waals surface area contributed by atoms with Crippen molar-refractivity contribution in [2.24, 2.45) is 22.7 Å². The van der Waals surface area contributed by atoms with Crippen molar-refractivity contribution < 1.29 is 33.4 Å². The van der Waals surface area contributed by atoms with Gasteiger partial charge in [0.05, 0.1) is 37.3 Å². The molecule has 14 nitrogen and oxygen atoms in total. The second-order valence-electron chi connectivity index (χ2n) is 18.6. The van der Waals surface area contributed by atoms with Gasteiger partial charge in [-0.1, -0.05) is 50.2 Å². The van der Waals surface area contributed by atoms with Gasteiger partial charge in [0.15, 0.2) is 0 Å². The third-order valence-corrected chi connectivity index (χ3v) is 14.8. The lowest BCUT2D eigenvalue weighted by atomic mass is 9.84. The van der Waals surface area contributed by atoms with Gasteiger partial charge < -0.3 is 39.6 Å². The number of aromatic amines is 1. The quantitative estimate of drug-likeness (QED) is 0.156. The number of nitrogens with one attached hydrogen (secondary N) is 3. The molecule has 1 aromatic heterocycles. The minimum atomic E-state index is -0.692. The van der Waals surface area contributed by atoms with Crippen LogP contribution in [0.3, 0.4) is 0 Å². The van der Waals surface area contributed by atoms with Crippen molar-refractivity contribution in [1.82, 2.24) is 30.4 Å². The fourth-order valence-corrected chi connectivity index (χ4v) is 11.6.